The Labute approximate surface area is 176 Å². The van der Waals surface area contributed by atoms with Gasteiger partial charge in [-0.3, -0.25) is 14.6 Å². The third-order valence-electron chi connectivity index (χ3n) is 4.28. The average Bonchev–Trinajstić information content (AvgIpc) is 2.77. The number of ether oxygens (including phenoxy) is 1. The van der Waals surface area contributed by atoms with Crippen molar-refractivity contribution in [2.45, 2.75) is 19.8 Å². The van der Waals surface area contributed by atoms with Crippen molar-refractivity contribution in [3.05, 3.63) is 65.6 Å². The minimum Gasteiger partial charge on any atom is -0.457 e. The van der Waals surface area contributed by atoms with Gasteiger partial charge in [-0.1, -0.05) is 19.1 Å². The zero-order valence-corrected chi connectivity index (χ0v) is 17.5. The van der Waals surface area contributed by atoms with E-state index >= 15 is 0 Å². The molecular weight excluding hydrogens is 382 g/mol. The van der Waals surface area contributed by atoms with E-state index in [1.807, 2.05) is 31.2 Å². The number of aromatic nitrogens is 1. The fourth-order valence-corrected chi connectivity index (χ4v) is 2.58. The first kappa shape index (κ1) is 22.6. The van der Waals surface area contributed by atoms with Gasteiger partial charge >= 0.3 is 5.91 Å². The summed E-state index contributed by atoms with van der Waals surface area (Å²) >= 11 is 0. The highest BCUT2D eigenvalue weighted by Gasteiger charge is 2.13. The molecule has 158 valence electrons. The molecule has 8 heteroatoms. The van der Waals surface area contributed by atoms with E-state index in [2.05, 4.69) is 20.6 Å². The van der Waals surface area contributed by atoms with Crippen molar-refractivity contribution in [3.8, 4) is 11.5 Å². The van der Waals surface area contributed by atoms with E-state index in [4.69, 9.17) is 10.5 Å². The van der Waals surface area contributed by atoms with Gasteiger partial charge in [0.2, 0.25) is 0 Å². The van der Waals surface area contributed by atoms with Crippen LogP contribution in [0.3, 0.4) is 0 Å². The van der Waals surface area contributed by atoms with Crippen LogP contribution in [0.15, 0.2) is 54.4 Å². The van der Waals surface area contributed by atoms with Gasteiger partial charge in [0.15, 0.2) is 0 Å². The van der Waals surface area contributed by atoms with Crippen LogP contribution in [-0.2, 0) is 11.2 Å². The van der Waals surface area contributed by atoms with Crippen LogP contribution in [0.25, 0.3) is 0 Å². The Morgan fingerprint density at radius 2 is 2.00 bits per heavy atom. The number of hydrogen-bond donors (Lipinski definition) is 4. The van der Waals surface area contributed by atoms with Gasteiger partial charge in [0.05, 0.1) is 0 Å². The third kappa shape index (κ3) is 6.73. The number of nitrogens with zero attached hydrogens (tertiary/aromatic N) is 1. The predicted molar refractivity (Wildman–Crippen MR) is 115 cm³/mol. The number of hydrogen-bond acceptors (Lipinski definition) is 5. The summed E-state index contributed by atoms with van der Waals surface area (Å²) in [6.07, 6.45) is 4.47. The van der Waals surface area contributed by atoms with Crippen LogP contribution < -0.4 is 26.1 Å². The molecule has 0 aliphatic rings. The van der Waals surface area contributed by atoms with Crippen molar-refractivity contribution in [1.29, 1.82) is 0 Å². The lowest BCUT2D eigenvalue weighted by Crippen LogP contribution is -2.71. The minimum absolute atomic E-state index is 0.208. The highest BCUT2D eigenvalue weighted by atomic mass is 16.5. The molecule has 8 nitrogen and oxygen atoms in total. The maximum absolute atomic E-state index is 12.3. The molecule has 1 aromatic heterocycles. The summed E-state index contributed by atoms with van der Waals surface area (Å²) in [6, 6.07) is 10.8. The van der Waals surface area contributed by atoms with E-state index in [1.54, 1.807) is 32.3 Å². The number of pyridine rings is 1. The summed E-state index contributed by atoms with van der Waals surface area (Å²) in [5.41, 5.74) is 8.15. The van der Waals surface area contributed by atoms with Gasteiger partial charge in [-0.25, -0.2) is 4.99 Å². The Balaban J connectivity index is 1.96. The van der Waals surface area contributed by atoms with Crippen LogP contribution in [-0.4, -0.2) is 43.2 Å². The van der Waals surface area contributed by atoms with Crippen LogP contribution >= 0.6 is 0 Å². The zero-order chi connectivity index (χ0) is 21.9. The Morgan fingerprint density at radius 3 is 2.70 bits per heavy atom. The number of nitrogens with one attached hydrogen (secondary N) is 3. The Morgan fingerprint density at radius 1 is 1.23 bits per heavy atom. The summed E-state index contributed by atoms with van der Waals surface area (Å²) in [7, 11) is 3.23. The molecule has 2 rings (SSSR count). The van der Waals surface area contributed by atoms with Crippen LogP contribution in [0.1, 0.15) is 29.4 Å². The van der Waals surface area contributed by atoms with Crippen molar-refractivity contribution in [2.75, 3.05) is 20.6 Å². The second-order valence-electron chi connectivity index (χ2n) is 6.45. The molecule has 1 aromatic carbocycles. The molecular formula is C22H28N5O3+. The van der Waals surface area contributed by atoms with Gasteiger partial charge in [0.1, 0.15) is 24.2 Å². The van der Waals surface area contributed by atoms with E-state index in [0.29, 0.717) is 42.3 Å². The van der Waals surface area contributed by atoms with Crippen molar-refractivity contribution < 1.29 is 19.3 Å². The van der Waals surface area contributed by atoms with Gasteiger partial charge in [0, 0.05) is 37.6 Å². The SMILES string of the molecule is CCC(N)=CC(=[NH+]C)C(=O)NCCc1cccc(Oc2ccnc(C(=O)NC)c2)c1. The molecule has 0 saturated carbocycles. The number of carbonyl (C=O) groups is 2. The van der Waals surface area contributed by atoms with Gasteiger partial charge in [0.25, 0.3) is 11.6 Å². The molecule has 30 heavy (non-hydrogen) atoms. The number of allylic oxidation sites excluding steroid dienone is 1. The lowest BCUT2D eigenvalue weighted by Gasteiger charge is -2.09. The smallest absolute Gasteiger partial charge is 0.315 e. The zero-order valence-electron chi connectivity index (χ0n) is 17.5. The molecule has 2 amide bonds. The highest BCUT2D eigenvalue weighted by molar-refractivity contribution is 6.40. The number of carbonyl (C=O) groups excluding carboxylic acids is 2. The third-order valence-corrected chi connectivity index (χ3v) is 4.28. The second-order valence-corrected chi connectivity index (χ2v) is 6.45. The monoisotopic (exact) mass is 410 g/mol. The fourth-order valence-electron chi connectivity index (χ4n) is 2.58. The summed E-state index contributed by atoms with van der Waals surface area (Å²) in [5, 5.41) is 5.41. The lowest BCUT2D eigenvalue weighted by atomic mass is 10.1. The molecule has 0 fully saturated rings. The Hall–Kier alpha value is -3.68. The molecule has 0 spiro atoms. The number of rotatable bonds is 9. The topological polar surface area (TPSA) is 120 Å². The molecule has 2 aromatic rings. The summed E-state index contributed by atoms with van der Waals surface area (Å²) in [5.74, 6) is 0.662. The molecule has 0 unspecified atom stereocenters. The van der Waals surface area contributed by atoms with E-state index in [9.17, 15) is 9.59 Å². The van der Waals surface area contributed by atoms with Crippen LogP contribution in [0, 0.1) is 0 Å². The lowest BCUT2D eigenvalue weighted by molar-refractivity contribution is -0.417. The molecule has 0 aliphatic carbocycles. The maximum atomic E-state index is 12.3. The number of benzene rings is 1. The van der Waals surface area contributed by atoms with Crippen molar-refractivity contribution >= 4 is 17.5 Å². The van der Waals surface area contributed by atoms with Crippen molar-refractivity contribution in [1.82, 2.24) is 15.6 Å². The largest absolute Gasteiger partial charge is 0.457 e. The van der Waals surface area contributed by atoms with E-state index in [1.165, 1.54) is 6.20 Å². The van der Waals surface area contributed by atoms with Gasteiger partial charge < -0.3 is 21.1 Å². The van der Waals surface area contributed by atoms with E-state index < -0.39 is 0 Å². The standard InChI is InChI=1S/C22H27N5O3/c1-4-16(23)13-19(24-2)22(29)27-10-8-15-6-5-7-17(12-15)30-18-9-11-26-20(14-18)21(28)25-3/h5-7,9,11-14H,4,8,10,23H2,1-3H3,(H,25,28)(H,27,29)/p+1. The minimum atomic E-state index is -0.279. The van der Waals surface area contributed by atoms with Gasteiger partial charge in [-0.05, 0) is 36.6 Å². The Kier molecular flexibility index (Phi) is 8.56. The van der Waals surface area contributed by atoms with Crippen molar-refractivity contribution in [3.63, 3.8) is 0 Å². The van der Waals surface area contributed by atoms with Crippen LogP contribution in [0.5, 0.6) is 11.5 Å². The first-order valence-corrected chi connectivity index (χ1v) is 9.70. The van der Waals surface area contributed by atoms with Gasteiger partial charge in [-0.2, -0.15) is 0 Å². The van der Waals surface area contributed by atoms with E-state index in [0.717, 1.165) is 5.56 Å². The van der Waals surface area contributed by atoms with Gasteiger partial charge in [-0.15, -0.1) is 0 Å². The van der Waals surface area contributed by atoms with E-state index in [-0.39, 0.29) is 17.5 Å². The normalized spacial score (nSPS) is 11.7. The average molecular weight is 410 g/mol. The fraction of sp³-hybridized carbons (Fsp3) is 0.273. The predicted octanol–water partition coefficient (Wildman–Crippen LogP) is 0.296. The summed E-state index contributed by atoms with van der Waals surface area (Å²) < 4.78 is 5.85. The molecule has 0 bridgehead atoms. The van der Waals surface area contributed by atoms with Crippen LogP contribution in [0.2, 0.25) is 0 Å². The molecule has 0 radical (unpaired) electrons. The summed E-state index contributed by atoms with van der Waals surface area (Å²) in [4.78, 5) is 30.9. The Bertz CT molecular complexity index is 953. The molecule has 1 heterocycles. The first-order valence-electron chi connectivity index (χ1n) is 9.70. The number of nitrogens with two attached hydrogens (primary N) is 1. The molecule has 0 atom stereocenters. The summed E-state index contributed by atoms with van der Waals surface area (Å²) in [6.45, 7) is 2.39. The highest BCUT2D eigenvalue weighted by Crippen LogP contribution is 2.22. The van der Waals surface area contributed by atoms with Crippen LogP contribution in [0.4, 0.5) is 0 Å². The van der Waals surface area contributed by atoms with Crippen molar-refractivity contribution in [2.24, 2.45) is 5.73 Å². The maximum Gasteiger partial charge on any atom is 0.315 e. The molecule has 5 N–H and O–H groups in total. The number of amides is 2. The quantitative estimate of drug-likeness (QED) is 0.443. The molecule has 0 aliphatic heterocycles. The molecule has 0 saturated heterocycles. The second kappa shape index (κ2) is 11.4. The first-order chi connectivity index (χ1) is 14.5.